The molecule has 0 aromatic heterocycles. The van der Waals surface area contributed by atoms with Crippen LogP contribution in [0.15, 0.2) is 0 Å². The van der Waals surface area contributed by atoms with Crippen molar-refractivity contribution in [2.45, 2.75) is 18.4 Å². The molecule has 1 saturated carbocycles. The lowest BCUT2D eigenvalue weighted by Gasteiger charge is -2.01. The Bertz CT molecular complexity index is 70.1. The molecule has 0 atom stereocenters. The van der Waals surface area contributed by atoms with E-state index in [0.717, 1.165) is 12.8 Å². The summed E-state index contributed by atoms with van der Waals surface area (Å²) < 4.78 is 0. The lowest BCUT2D eigenvalue weighted by Crippen LogP contribution is -2.27. The van der Waals surface area contributed by atoms with E-state index in [1.165, 1.54) is 0 Å². The SMILES string of the molecule is NC1(COO)CC1. The van der Waals surface area contributed by atoms with Gasteiger partial charge in [-0.1, -0.05) is 0 Å². The maximum Gasteiger partial charge on any atom is 0.0999 e. The molecule has 0 heterocycles. The maximum absolute atomic E-state index is 7.86. The molecule has 0 aromatic rings. The minimum atomic E-state index is -0.172. The van der Waals surface area contributed by atoms with Gasteiger partial charge in [0.2, 0.25) is 0 Å². The van der Waals surface area contributed by atoms with Gasteiger partial charge in [0.15, 0.2) is 0 Å². The van der Waals surface area contributed by atoms with Crippen molar-refractivity contribution in [1.29, 1.82) is 0 Å². The Kier molecular flexibility index (Phi) is 1.03. The highest BCUT2D eigenvalue weighted by Crippen LogP contribution is 2.31. The maximum atomic E-state index is 7.86. The molecule has 0 spiro atoms. The van der Waals surface area contributed by atoms with Crippen molar-refractivity contribution < 1.29 is 10.1 Å². The van der Waals surface area contributed by atoms with E-state index in [9.17, 15) is 0 Å². The van der Waals surface area contributed by atoms with Gasteiger partial charge in [0.05, 0.1) is 6.61 Å². The van der Waals surface area contributed by atoms with Crippen LogP contribution < -0.4 is 5.73 Å². The molecule has 0 unspecified atom stereocenters. The van der Waals surface area contributed by atoms with Gasteiger partial charge in [0, 0.05) is 5.54 Å². The second kappa shape index (κ2) is 1.43. The van der Waals surface area contributed by atoms with E-state index < -0.39 is 0 Å². The normalized spacial score (nSPS) is 24.9. The molecule has 3 nitrogen and oxygen atoms in total. The number of hydrogen-bond acceptors (Lipinski definition) is 3. The first kappa shape index (κ1) is 5.03. The molecule has 0 radical (unpaired) electrons. The molecule has 1 fully saturated rings. The van der Waals surface area contributed by atoms with Crippen molar-refractivity contribution in [3.8, 4) is 0 Å². The highest BCUT2D eigenvalue weighted by Gasteiger charge is 2.38. The van der Waals surface area contributed by atoms with Crippen LogP contribution in [-0.2, 0) is 4.89 Å². The third-order valence-electron chi connectivity index (χ3n) is 1.24. The molecule has 0 aromatic carbocycles. The molecule has 0 bridgehead atoms. The van der Waals surface area contributed by atoms with E-state index in [4.69, 9.17) is 11.0 Å². The predicted molar refractivity (Wildman–Crippen MR) is 24.7 cm³/mol. The van der Waals surface area contributed by atoms with Crippen LogP contribution in [0.3, 0.4) is 0 Å². The van der Waals surface area contributed by atoms with Gasteiger partial charge in [-0.05, 0) is 12.8 Å². The van der Waals surface area contributed by atoms with Crippen LogP contribution in [0.1, 0.15) is 12.8 Å². The molecule has 3 N–H and O–H groups in total. The fraction of sp³-hybridized carbons (Fsp3) is 1.00. The molecule has 1 aliphatic rings. The summed E-state index contributed by atoms with van der Waals surface area (Å²) in [5.74, 6) is 0. The molecule has 42 valence electrons. The van der Waals surface area contributed by atoms with Gasteiger partial charge in [-0.2, -0.15) is 0 Å². The summed E-state index contributed by atoms with van der Waals surface area (Å²) in [6, 6.07) is 0. The van der Waals surface area contributed by atoms with Gasteiger partial charge in [-0.15, -0.1) is 0 Å². The summed E-state index contributed by atoms with van der Waals surface area (Å²) in [7, 11) is 0. The summed E-state index contributed by atoms with van der Waals surface area (Å²) in [6.45, 7) is 0.285. The minimum absolute atomic E-state index is 0.172. The van der Waals surface area contributed by atoms with Gasteiger partial charge in [0.25, 0.3) is 0 Å². The highest BCUT2D eigenvalue weighted by atomic mass is 17.1. The van der Waals surface area contributed by atoms with Crippen LogP contribution in [-0.4, -0.2) is 17.4 Å². The second-order valence-corrected chi connectivity index (χ2v) is 2.14. The quantitative estimate of drug-likeness (QED) is 0.381. The number of nitrogens with two attached hydrogens (primary N) is 1. The molecule has 7 heavy (non-hydrogen) atoms. The molecular weight excluding hydrogens is 94.0 g/mol. The average molecular weight is 103 g/mol. The Morgan fingerprint density at radius 2 is 2.29 bits per heavy atom. The van der Waals surface area contributed by atoms with Crippen molar-refractivity contribution in [3.63, 3.8) is 0 Å². The van der Waals surface area contributed by atoms with Crippen LogP contribution in [0.4, 0.5) is 0 Å². The smallest absolute Gasteiger partial charge is 0.0999 e. The van der Waals surface area contributed by atoms with Crippen molar-refractivity contribution >= 4 is 0 Å². The molecule has 0 amide bonds. The summed E-state index contributed by atoms with van der Waals surface area (Å²) in [5.41, 5.74) is 5.30. The highest BCUT2D eigenvalue weighted by molar-refractivity contribution is 4.98. The zero-order valence-electron chi connectivity index (χ0n) is 4.05. The van der Waals surface area contributed by atoms with E-state index in [0.29, 0.717) is 0 Å². The number of rotatable bonds is 2. The standard InChI is InChI=1S/C4H9NO2/c5-4(1-2-4)3-7-6/h6H,1-3,5H2. The third kappa shape index (κ3) is 1.12. The first-order valence-corrected chi connectivity index (χ1v) is 2.32. The van der Waals surface area contributed by atoms with Gasteiger partial charge in [0.1, 0.15) is 0 Å². The molecule has 1 rings (SSSR count). The summed E-state index contributed by atoms with van der Waals surface area (Å²) in [4.78, 5) is 3.84. The summed E-state index contributed by atoms with van der Waals surface area (Å²) in [6.07, 6.45) is 1.96. The summed E-state index contributed by atoms with van der Waals surface area (Å²) >= 11 is 0. The van der Waals surface area contributed by atoms with E-state index in [1.807, 2.05) is 0 Å². The minimum Gasteiger partial charge on any atom is -0.323 e. The van der Waals surface area contributed by atoms with E-state index >= 15 is 0 Å². The fourth-order valence-corrected chi connectivity index (χ4v) is 0.433. The van der Waals surface area contributed by atoms with Gasteiger partial charge >= 0.3 is 0 Å². The summed E-state index contributed by atoms with van der Waals surface area (Å²) in [5, 5.41) is 7.86. The van der Waals surface area contributed by atoms with E-state index in [-0.39, 0.29) is 12.1 Å². The first-order valence-electron chi connectivity index (χ1n) is 2.32. The van der Waals surface area contributed by atoms with Crippen LogP contribution in [0.2, 0.25) is 0 Å². The Morgan fingerprint density at radius 1 is 1.71 bits per heavy atom. The number of hydrogen-bond donors (Lipinski definition) is 2. The monoisotopic (exact) mass is 103 g/mol. The molecular formula is C4H9NO2. The van der Waals surface area contributed by atoms with Crippen LogP contribution in [0.5, 0.6) is 0 Å². The Labute approximate surface area is 42.0 Å². The fourth-order valence-electron chi connectivity index (χ4n) is 0.433. The van der Waals surface area contributed by atoms with Crippen LogP contribution in [0, 0.1) is 0 Å². The lowest BCUT2D eigenvalue weighted by molar-refractivity contribution is -0.247. The van der Waals surface area contributed by atoms with Gasteiger partial charge < -0.3 is 5.73 Å². The van der Waals surface area contributed by atoms with E-state index in [2.05, 4.69) is 4.89 Å². The average Bonchev–Trinajstić information content (AvgIpc) is 2.22. The van der Waals surface area contributed by atoms with Gasteiger partial charge in [-0.3, -0.25) is 5.26 Å². The molecule has 1 aliphatic carbocycles. The van der Waals surface area contributed by atoms with Crippen molar-refractivity contribution in [3.05, 3.63) is 0 Å². The largest absolute Gasteiger partial charge is 0.323 e. The van der Waals surface area contributed by atoms with Gasteiger partial charge in [-0.25, -0.2) is 4.89 Å². The van der Waals surface area contributed by atoms with Crippen LogP contribution >= 0.6 is 0 Å². The zero-order valence-corrected chi connectivity index (χ0v) is 4.05. The van der Waals surface area contributed by atoms with E-state index in [1.54, 1.807) is 0 Å². The molecule has 0 saturated heterocycles. The third-order valence-corrected chi connectivity index (χ3v) is 1.24. The van der Waals surface area contributed by atoms with Crippen LogP contribution in [0.25, 0.3) is 0 Å². The zero-order chi connectivity index (χ0) is 5.33. The van der Waals surface area contributed by atoms with Crippen molar-refractivity contribution in [1.82, 2.24) is 0 Å². The van der Waals surface area contributed by atoms with Crippen molar-refractivity contribution in [2.75, 3.05) is 6.61 Å². The first-order chi connectivity index (χ1) is 3.27. The predicted octanol–water partition coefficient (Wildman–Crippen LogP) is -0.0327. The Balaban J connectivity index is 2.13. The topological polar surface area (TPSA) is 55.5 Å². The second-order valence-electron chi connectivity index (χ2n) is 2.14. The lowest BCUT2D eigenvalue weighted by atomic mass is 10.3. The Morgan fingerprint density at radius 3 is 2.43 bits per heavy atom. The van der Waals surface area contributed by atoms with Crippen molar-refractivity contribution in [2.24, 2.45) is 5.73 Å². The molecule has 3 heteroatoms. The molecule has 0 aliphatic heterocycles. The Hall–Kier alpha value is -0.120.